The zero-order valence-electron chi connectivity index (χ0n) is 14.5. The summed E-state index contributed by atoms with van der Waals surface area (Å²) in [6.45, 7) is 3.90. The van der Waals surface area contributed by atoms with Crippen molar-refractivity contribution in [2.24, 2.45) is 0 Å². The first kappa shape index (κ1) is 17.9. The molecule has 1 heterocycles. The van der Waals surface area contributed by atoms with Crippen LogP contribution < -0.4 is 9.62 Å². The van der Waals surface area contributed by atoms with Gasteiger partial charge in [0.25, 0.3) is 10.0 Å². The summed E-state index contributed by atoms with van der Waals surface area (Å²) in [5.41, 5.74) is 2.54. The molecule has 0 aromatic heterocycles. The molecule has 6 nitrogen and oxygen atoms in total. The van der Waals surface area contributed by atoms with Crippen LogP contribution in [-0.4, -0.2) is 26.0 Å². The Hall–Kier alpha value is -2.93. The summed E-state index contributed by atoms with van der Waals surface area (Å²) in [7, 11) is -3.95. The van der Waals surface area contributed by atoms with E-state index in [0.29, 0.717) is 5.82 Å². The standard InChI is InChI=1S/C19H19N3O3S/c1-3-22(18-13-15-7-5-4-6-8-17(15)20-18)19(23)21-26(24,25)16-11-9-14(2)10-12-16/h4-13H,3H2,1-2H3,(H,21,23). The highest BCUT2D eigenvalue weighted by atomic mass is 32.2. The number of nitrogens with one attached hydrogen (secondary N) is 1. The molecule has 0 saturated carbocycles. The van der Waals surface area contributed by atoms with Gasteiger partial charge < -0.3 is 0 Å². The lowest BCUT2D eigenvalue weighted by atomic mass is 10.2. The Balaban J connectivity index is 1.87. The minimum atomic E-state index is -3.95. The quantitative estimate of drug-likeness (QED) is 0.764. The van der Waals surface area contributed by atoms with Gasteiger partial charge in [0, 0.05) is 12.1 Å². The molecule has 1 N–H and O–H groups in total. The van der Waals surface area contributed by atoms with Gasteiger partial charge >= 0.3 is 6.03 Å². The van der Waals surface area contributed by atoms with Crippen LogP contribution in [0.1, 0.15) is 12.5 Å². The van der Waals surface area contributed by atoms with Crippen LogP contribution in [0.15, 0.2) is 65.6 Å². The van der Waals surface area contributed by atoms with E-state index in [0.717, 1.165) is 16.8 Å². The van der Waals surface area contributed by atoms with E-state index >= 15 is 0 Å². The molecule has 7 heteroatoms. The lowest BCUT2D eigenvalue weighted by molar-refractivity contribution is 0.251. The normalized spacial score (nSPS) is 11.3. The molecule has 1 aromatic rings. The molecule has 0 saturated heterocycles. The number of carbonyl (C=O) groups excluding carboxylic acids is 1. The Labute approximate surface area is 152 Å². The summed E-state index contributed by atoms with van der Waals surface area (Å²) in [4.78, 5) is 18.3. The molecule has 0 bridgehead atoms. The number of hydrogen-bond acceptors (Lipinski definition) is 4. The maximum atomic E-state index is 12.6. The Morgan fingerprint density at radius 3 is 2.46 bits per heavy atom. The second-order valence-corrected chi connectivity index (χ2v) is 7.52. The fourth-order valence-corrected chi connectivity index (χ4v) is 3.52. The van der Waals surface area contributed by atoms with Gasteiger partial charge in [0.2, 0.25) is 0 Å². The smallest absolute Gasteiger partial charge is 0.278 e. The first-order valence-electron chi connectivity index (χ1n) is 8.17. The molecule has 26 heavy (non-hydrogen) atoms. The second-order valence-electron chi connectivity index (χ2n) is 5.83. The number of fused-ring (bicyclic) bond motifs is 1. The molecule has 0 unspecified atom stereocenters. The predicted molar refractivity (Wildman–Crippen MR) is 101 cm³/mol. The highest BCUT2D eigenvalue weighted by Crippen LogP contribution is 2.26. The van der Waals surface area contributed by atoms with Gasteiger partial charge in [-0.3, -0.25) is 4.90 Å². The number of anilines is 1. The Morgan fingerprint density at radius 1 is 1.08 bits per heavy atom. The molecule has 2 amide bonds. The number of nitrogens with zero attached hydrogens (tertiary/aromatic N) is 2. The number of carbonyl (C=O) groups is 1. The number of amides is 2. The summed E-state index contributed by atoms with van der Waals surface area (Å²) < 4.78 is 27.0. The van der Waals surface area contributed by atoms with Crippen LogP contribution in [0.2, 0.25) is 0 Å². The number of hydrogen-bond donors (Lipinski definition) is 1. The zero-order valence-corrected chi connectivity index (χ0v) is 15.3. The third kappa shape index (κ3) is 3.67. The highest BCUT2D eigenvalue weighted by molar-refractivity contribution is 7.90. The average molecular weight is 369 g/mol. The molecular formula is C19H19N3O3S. The first-order valence-corrected chi connectivity index (χ1v) is 9.66. The van der Waals surface area contributed by atoms with Crippen LogP contribution in [-0.2, 0) is 10.0 Å². The number of aromatic nitrogens is 1. The largest absolute Gasteiger partial charge is 0.336 e. The van der Waals surface area contributed by atoms with E-state index in [-0.39, 0.29) is 11.4 Å². The minimum absolute atomic E-state index is 0.0418. The van der Waals surface area contributed by atoms with Gasteiger partial charge in [0.05, 0.1) is 10.6 Å². The molecule has 3 rings (SSSR count). The van der Waals surface area contributed by atoms with Gasteiger partial charge in [-0.2, -0.15) is 0 Å². The number of benzene rings is 1. The number of sulfonamides is 1. The SMILES string of the molecule is CCN(C(=O)NS(=O)(=O)c1ccc(C)cc1)c1cc2cccccc-2n1. The van der Waals surface area contributed by atoms with E-state index in [9.17, 15) is 13.2 Å². The average Bonchev–Trinajstić information content (AvgIpc) is 2.85. The maximum absolute atomic E-state index is 12.6. The third-order valence-electron chi connectivity index (χ3n) is 3.96. The van der Waals surface area contributed by atoms with Crippen molar-refractivity contribution in [2.45, 2.75) is 18.7 Å². The van der Waals surface area contributed by atoms with Crippen molar-refractivity contribution in [3.8, 4) is 11.3 Å². The number of rotatable bonds is 4. The van der Waals surface area contributed by atoms with Gasteiger partial charge in [-0.25, -0.2) is 22.9 Å². The summed E-state index contributed by atoms with van der Waals surface area (Å²) in [5.74, 6) is 0.408. The van der Waals surface area contributed by atoms with Crippen LogP contribution in [0.25, 0.3) is 11.3 Å². The van der Waals surface area contributed by atoms with Gasteiger partial charge in [0.1, 0.15) is 5.82 Å². The topological polar surface area (TPSA) is 79.4 Å². The first-order chi connectivity index (χ1) is 12.4. The van der Waals surface area contributed by atoms with E-state index in [2.05, 4.69) is 9.71 Å². The number of urea groups is 1. The van der Waals surface area contributed by atoms with Crippen molar-refractivity contribution in [1.29, 1.82) is 0 Å². The lowest BCUT2D eigenvalue weighted by Crippen LogP contribution is -2.43. The fourth-order valence-electron chi connectivity index (χ4n) is 2.56. The Morgan fingerprint density at radius 2 is 1.77 bits per heavy atom. The van der Waals surface area contributed by atoms with Crippen LogP contribution >= 0.6 is 0 Å². The van der Waals surface area contributed by atoms with Crippen molar-refractivity contribution in [3.05, 3.63) is 66.2 Å². The Bertz CT molecular complexity index is 970. The van der Waals surface area contributed by atoms with Gasteiger partial charge in [-0.05, 0) is 38.1 Å². The number of aryl methyl sites for hydroxylation is 1. The molecule has 0 fully saturated rings. The van der Waals surface area contributed by atoms with E-state index in [1.807, 2.05) is 37.3 Å². The zero-order chi connectivity index (χ0) is 18.7. The molecule has 0 atom stereocenters. The molecule has 134 valence electrons. The fraction of sp³-hybridized carbons (Fsp3) is 0.158. The molecule has 0 radical (unpaired) electrons. The summed E-state index contributed by atoms with van der Waals surface area (Å²) in [6.07, 6.45) is 0. The third-order valence-corrected chi connectivity index (χ3v) is 5.29. The van der Waals surface area contributed by atoms with E-state index < -0.39 is 16.1 Å². The van der Waals surface area contributed by atoms with Gasteiger partial charge in [-0.15, -0.1) is 0 Å². The molecular weight excluding hydrogens is 350 g/mol. The van der Waals surface area contributed by atoms with Gasteiger partial charge in [-0.1, -0.05) is 42.0 Å². The molecule has 0 spiro atoms. The molecule has 2 aliphatic rings. The van der Waals surface area contributed by atoms with E-state index in [4.69, 9.17) is 0 Å². The molecule has 1 aliphatic carbocycles. The van der Waals surface area contributed by atoms with Crippen molar-refractivity contribution in [3.63, 3.8) is 0 Å². The summed E-state index contributed by atoms with van der Waals surface area (Å²) in [5, 5.41) is 0. The molecule has 1 aromatic carbocycles. The van der Waals surface area contributed by atoms with Crippen LogP contribution in [0, 0.1) is 6.92 Å². The van der Waals surface area contributed by atoms with E-state index in [1.54, 1.807) is 25.1 Å². The maximum Gasteiger partial charge on any atom is 0.336 e. The van der Waals surface area contributed by atoms with Crippen molar-refractivity contribution >= 4 is 21.9 Å². The highest BCUT2D eigenvalue weighted by Gasteiger charge is 2.24. The van der Waals surface area contributed by atoms with E-state index in [1.165, 1.54) is 17.0 Å². The minimum Gasteiger partial charge on any atom is -0.278 e. The Kier molecular flexibility index (Phi) is 4.90. The van der Waals surface area contributed by atoms with Gasteiger partial charge in [0.15, 0.2) is 0 Å². The monoisotopic (exact) mass is 369 g/mol. The lowest BCUT2D eigenvalue weighted by Gasteiger charge is -2.19. The van der Waals surface area contributed by atoms with Crippen LogP contribution in [0.5, 0.6) is 0 Å². The summed E-state index contributed by atoms with van der Waals surface area (Å²) >= 11 is 0. The van der Waals surface area contributed by atoms with Crippen LogP contribution in [0.3, 0.4) is 0 Å². The van der Waals surface area contributed by atoms with Crippen molar-refractivity contribution in [1.82, 2.24) is 9.71 Å². The van der Waals surface area contributed by atoms with Crippen molar-refractivity contribution < 1.29 is 13.2 Å². The van der Waals surface area contributed by atoms with Crippen molar-refractivity contribution in [2.75, 3.05) is 11.4 Å². The summed E-state index contributed by atoms with van der Waals surface area (Å²) in [6, 6.07) is 16.7. The molecule has 1 aliphatic heterocycles. The second kappa shape index (κ2) is 7.13. The predicted octanol–water partition coefficient (Wildman–Crippen LogP) is 3.42. The van der Waals surface area contributed by atoms with Crippen LogP contribution in [0.4, 0.5) is 10.6 Å².